The van der Waals surface area contributed by atoms with Gasteiger partial charge in [0, 0.05) is 38.4 Å². The van der Waals surface area contributed by atoms with E-state index in [2.05, 4.69) is 62.6 Å². The van der Waals surface area contributed by atoms with Gasteiger partial charge in [-0.3, -0.25) is 4.98 Å². The molecule has 102 valence electrons. The Morgan fingerprint density at radius 2 is 2.10 bits per heavy atom. The molecule has 2 heterocycles. The van der Waals surface area contributed by atoms with Crippen molar-refractivity contribution in [1.29, 1.82) is 0 Å². The first-order chi connectivity index (χ1) is 9.76. The van der Waals surface area contributed by atoms with Crippen molar-refractivity contribution < 1.29 is 0 Å². The molecule has 0 saturated heterocycles. The molecule has 2 nitrogen and oxygen atoms in total. The monoisotopic (exact) mass is 346 g/mol. The molecular formula is C16H15BrN2S. The smallest absolute Gasteiger partial charge is 0.0468 e. The molecule has 2 aromatic heterocycles. The van der Waals surface area contributed by atoms with Crippen LogP contribution in [-0.2, 0) is 6.42 Å². The number of hydrogen-bond donors (Lipinski definition) is 1. The molecule has 0 aliphatic carbocycles. The lowest BCUT2D eigenvalue weighted by Crippen LogP contribution is -2.18. The Labute approximate surface area is 131 Å². The van der Waals surface area contributed by atoms with Crippen molar-refractivity contribution >= 4 is 37.4 Å². The molecule has 0 radical (unpaired) electrons. The van der Waals surface area contributed by atoms with Gasteiger partial charge in [-0.05, 0) is 52.6 Å². The molecule has 1 atom stereocenters. The minimum atomic E-state index is 0.307. The van der Waals surface area contributed by atoms with Gasteiger partial charge in [-0.1, -0.05) is 18.2 Å². The van der Waals surface area contributed by atoms with Crippen molar-refractivity contribution in [3.8, 4) is 0 Å². The van der Waals surface area contributed by atoms with E-state index in [1.165, 1.54) is 15.0 Å². The van der Waals surface area contributed by atoms with Crippen molar-refractivity contribution in [2.45, 2.75) is 12.5 Å². The van der Waals surface area contributed by atoms with Crippen LogP contribution < -0.4 is 5.32 Å². The summed E-state index contributed by atoms with van der Waals surface area (Å²) in [5.74, 6) is 0. The zero-order valence-corrected chi connectivity index (χ0v) is 13.5. The molecule has 3 rings (SSSR count). The molecule has 20 heavy (non-hydrogen) atoms. The molecular weight excluding hydrogens is 332 g/mol. The van der Waals surface area contributed by atoms with Crippen LogP contribution in [0.1, 0.15) is 16.6 Å². The largest absolute Gasteiger partial charge is 0.312 e. The molecule has 0 aliphatic rings. The van der Waals surface area contributed by atoms with Crippen molar-refractivity contribution in [2.24, 2.45) is 0 Å². The van der Waals surface area contributed by atoms with E-state index in [0.29, 0.717) is 6.04 Å². The summed E-state index contributed by atoms with van der Waals surface area (Å²) in [6, 6.07) is 15.2. The van der Waals surface area contributed by atoms with E-state index in [1.807, 2.05) is 30.6 Å². The molecule has 0 bridgehead atoms. The minimum Gasteiger partial charge on any atom is -0.312 e. The van der Waals surface area contributed by atoms with Gasteiger partial charge in [0.1, 0.15) is 0 Å². The summed E-state index contributed by atoms with van der Waals surface area (Å²) in [7, 11) is 2.01. The summed E-state index contributed by atoms with van der Waals surface area (Å²) in [5, 5.41) is 4.72. The molecule has 0 aliphatic heterocycles. The Kier molecular flexibility index (Phi) is 4.15. The molecule has 3 aromatic rings. The van der Waals surface area contributed by atoms with Gasteiger partial charge in [-0.15, -0.1) is 11.3 Å². The minimum absolute atomic E-state index is 0.307. The van der Waals surface area contributed by atoms with Gasteiger partial charge in [0.15, 0.2) is 0 Å². The second-order valence-corrected chi connectivity index (χ2v) is 6.73. The number of fused-ring (bicyclic) bond motifs is 1. The first-order valence-corrected chi connectivity index (χ1v) is 8.13. The van der Waals surface area contributed by atoms with Crippen LogP contribution in [0.15, 0.2) is 53.1 Å². The lowest BCUT2D eigenvalue weighted by atomic mass is 10.1. The van der Waals surface area contributed by atoms with Crippen molar-refractivity contribution in [3.63, 3.8) is 0 Å². The zero-order valence-electron chi connectivity index (χ0n) is 11.1. The molecule has 1 N–H and O–H groups in total. The molecule has 4 heteroatoms. The first kappa shape index (κ1) is 13.7. The van der Waals surface area contributed by atoms with E-state index in [0.717, 1.165) is 16.6 Å². The van der Waals surface area contributed by atoms with Crippen molar-refractivity contribution in [1.82, 2.24) is 10.3 Å². The van der Waals surface area contributed by atoms with Gasteiger partial charge in [0.25, 0.3) is 0 Å². The second kappa shape index (κ2) is 6.04. The van der Waals surface area contributed by atoms with Crippen LogP contribution in [0, 0.1) is 0 Å². The van der Waals surface area contributed by atoms with E-state index in [1.54, 1.807) is 0 Å². The summed E-state index contributed by atoms with van der Waals surface area (Å²) < 4.78 is 2.36. The van der Waals surface area contributed by atoms with Crippen LogP contribution in [-0.4, -0.2) is 12.0 Å². The Morgan fingerprint density at radius 3 is 2.80 bits per heavy atom. The van der Waals surface area contributed by atoms with Gasteiger partial charge in [0.2, 0.25) is 0 Å². The van der Waals surface area contributed by atoms with Gasteiger partial charge in [0.05, 0.1) is 0 Å². The SMILES string of the molecule is CNC(Cc1ccc(Br)cn1)c1cc2ccccc2s1. The Hall–Kier alpha value is -1.23. The maximum atomic E-state index is 4.46. The third-order valence-electron chi connectivity index (χ3n) is 3.34. The lowest BCUT2D eigenvalue weighted by molar-refractivity contribution is 0.594. The number of rotatable bonds is 4. The van der Waals surface area contributed by atoms with Crippen LogP contribution in [0.4, 0.5) is 0 Å². The Balaban J connectivity index is 1.87. The van der Waals surface area contributed by atoms with Crippen LogP contribution in [0.3, 0.4) is 0 Å². The number of aromatic nitrogens is 1. The summed E-state index contributed by atoms with van der Waals surface area (Å²) in [4.78, 5) is 5.82. The average molecular weight is 347 g/mol. The van der Waals surface area contributed by atoms with Crippen molar-refractivity contribution in [2.75, 3.05) is 7.05 Å². The Bertz CT molecular complexity index is 673. The standard InChI is InChI=1S/C16H15BrN2S/c1-18-14(9-13-7-6-12(17)10-19-13)16-8-11-4-2-3-5-15(11)20-16/h2-8,10,14,18H,9H2,1H3. The van der Waals surface area contributed by atoms with Crippen LogP contribution in [0.2, 0.25) is 0 Å². The number of thiophene rings is 1. The highest BCUT2D eigenvalue weighted by atomic mass is 79.9. The maximum Gasteiger partial charge on any atom is 0.0468 e. The fraction of sp³-hybridized carbons (Fsp3) is 0.188. The number of hydrogen-bond acceptors (Lipinski definition) is 3. The molecule has 0 amide bonds. The van der Waals surface area contributed by atoms with Crippen LogP contribution in [0.5, 0.6) is 0 Å². The average Bonchev–Trinajstić information content (AvgIpc) is 2.90. The molecule has 1 unspecified atom stereocenters. The van der Waals surface area contributed by atoms with Crippen molar-refractivity contribution in [3.05, 3.63) is 63.7 Å². The number of nitrogens with one attached hydrogen (secondary N) is 1. The van der Waals surface area contributed by atoms with Gasteiger partial charge >= 0.3 is 0 Å². The number of halogens is 1. The van der Waals surface area contributed by atoms with E-state index in [4.69, 9.17) is 0 Å². The fourth-order valence-corrected chi connectivity index (χ4v) is 3.66. The highest BCUT2D eigenvalue weighted by Gasteiger charge is 2.14. The van der Waals surface area contributed by atoms with E-state index < -0.39 is 0 Å². The molecule has 1 aromatic carbocycles. The zero-order chi connectivity index (χ0) is 13.9. The maximum absolute atomic E-state index is 4.46. The highest BCUT2D eigenvalue weighted by molar-refractivity contribution is 9.10. The van der Waals surface area contributed by atoms with Gasteiger partial charge < -0.3 is 5.32 Å². The van der Waals surface area contributed by atoms with E-state index in [9.17, 15) is 0 Å². The highest BCUT2D eigenvalue weighted by Crippen LogP contribution is 2.31. The summed E-state index contributed by atoms with van der Waals surface area (Å²) >= 11 is 5.27. The first-order valence-electron chi connectivity index (χ1n) is 6.52. The third-order valence-corrected chi connectivity index (χ3v) is 5.04. The van der Waals surface area contributed by atoms with Gasteiger partial charge in [-0.25, -0.2) is 0 Å². The van der Waals surface area contributed by atoms with E-state index in [-0.39, 0.29) is 0 Å². The normalized spacial score (nSPS) is 12.7. The predicted octanol–water partition coefficient (Wildman–Crippen LogP) is 4.56. The lowest BCUT2D eigenvalue weighted by Gasteiger charge is -2.13. The number of nitrogens with zero attached hydrogens (tertiary/aromatic N) is 1. The number of likely N-dealkylation sites (N-methyl/N-ethyl adjacent to an activating group) is 1. The summed E-state index contributed by atoms with van der Waals surface area (Å²) in [6.45, 7) is 0. The van der Waals surface area contributed by atoms with E-state index >= 15 is 0 Å². The second-order valence-electron chi connectivity index (χ2n) is 4.70. The Morgan fingerprint density at radius 1 is 1.25 bits per heavy atom. The fourth-order valence-electron chi connectivity index (χ4n) is 2.26. The molecule has 0 fully saturated rings. The number of benzene rings is 1. The number of pyridine rings is 1. The van der Waals surface area contributed by atoms with Gasteiger partial charge in [-0.2, -0.15) is 0 Å². The third kappa shape index (κ3) is 2.92. The quantitative estimate of drug-likeness (QED) is 0.748. The predicted molar refractivity (Wildman–Crippen MR) is 89.3 cm³/mol. The molecule has 0 saturated carbocycles. The summed E-state index contributed by atoms with van der Waals surface area (Å²) in [6.07, 6.45) is 2.75. The topological polar surface area (TPSA) is 24.9 Å². The van der Waals surface area contributed by atoms with Crippen LogP contribution >= 0.6 is 27.3 Å². The molecule has 0 spiro atoms. The summed E-state index contributed by atoms with van der Waals surface area (Å²) in [5.41, 5.74) is 1.10. The van der Waals surface area contributed by atoms with Crippen LogP contribution in [0.25, 0.3) is 10.1 Å².